The van der Waals surface area contributed by atoms with E-state index < -0.39 is 0 Å². The van der Waals surface area contributed by atoms with Crippen LogP contribution in [-0.4, -0.2) is 20.9 Å². The lowest BCUT2D eigenvalue weighted by Gasteiger charge is -2.10. The number of rotatable bonds is 5. The van der Waals surface area contributed by atoms with Crippen molar-refractivity contribution in [1.29, 1.82) is 0 Å². The van der Waals surface area contributed by atoms with Crippen molar-refractivity contribution in [3.63, 3.8) is 0 Å². The molecule has 13 heavy (non-hydrogen) atoms. The van der Waals surface area contributed by atoms with E-state index in [-0.39, 0.29) is 0 Å². The molecular formula is C9H16ClN3. The summed E-state index contributed by atoms with van der Waals surface area (Å²) >= 11 is 5.62. The monoisotopic (exact) mass is 201 g/mol. The van der Waals surface area contributed by atoms with Gasteiger partial charge in [0.25, 0.3) is 0 Å². The number of halogens is 1. The number of hydrogen-bond acceptors (Lipinski definition) is 2. The molecule has 0 saturated carbocycles. The predicted molar refractivity (Wildman–Crippen MR) is 54.1 cm³/mol. The van der Waals surface area contributed by atoms with Gasteiger partial charge in [0.2, 0.25) is 0 Å². The molecular weight excluding hydrogens is 186 g/mol. The van der Waals surface area contributed by atoms with E-state index in [0.29, 0.717) is 11.9 Å². The molecule has 0 bridgehead atoms. The fourth-order valence-electron chi connectivity index (χ4n) is 1.37. The Kier molecular flexibility index (Phi) is 4.22. The van der Waals surface area contributed by atoms with Crippen molar-refractivity contribution in [1.82, 2.24) is 15.0 Å². The van der Waals surface area contributed by atoms with E-state index in [1.165, 1.54) is 0 Å². The molecule has 0 radical (unpaired) electrons. The van der Waals surface area contributed by atoms with Crippen LogP contribution in [0.4, 0.5) is 0 Å². The van der Waals surface area contributed by atoms with Gasteiger partial charge in [0.05, 0.1) is 11.7 Å². The molecule has 0 unspecified atom stereocenters. The lowest BCUT2D eigenvalue weighted by atomic mass is 10.2. The minimum atomic E-state index is 0.483. The van der Waals surface area contributed by atoms with Crippen LogP contribution in [0.5, 0.6) is 0 Å². The maximum Gasteiger partial charge on any atom is 0.0839 e. The second kappa shape index (κ2) is 5.22. The molecule has 1 aromatic heterocycles. The van der Waals surface area contributed by atoms with Crippen LogP contribution in [0, 0.1) is 0 Å². The molecule has 4 heteroatoms. The highest BCUT2D eigenvalue weighted by Crippen LogP contribution is 2.13. The number of nitrogens with zero attached hydrogens (tertiary/aromatic N) is 3. The van der Waals surface area contributed by atoms with Gasteiger partial charge < -0.3 is 0 Å². The Morgan fingerprint density at radius 3 is 2.69 bits per heavy atom. The predicted octanol–water partition coefficient (Wildman–Crippen LogP) is 2.42. The lowest BCUT2D eigenvalue weighted by molar-refractivity contribution is 0.418. The van der Waals surface area contributed by atoms with Gasteiger partial charge in [0.15, 0.2) is 0 Å². The average molecular weight is 202 g/mol. The zero-order chi connectivity index (χ0) is 9.68. The zero-order valence-electron chi connectivity index (χ0n) is 8.20. The quantitative estimate of drug-likeness (QED) is 0.686. The largest absolute Gasteiger partial charge is 0.249 e. The van der Waals surface area contributed by atoms with E-state index in [2.05, 4.69) is 24.2 Å². The van der Waals surface area contributed by atoms with Crippen molar-refractivity contribution in [2.45, 2.75) is 39.2 Å². The topological polar surface area (TPSA) is 30.7 Å². The number of hydrogen-bond donors (Lipinski definition) is 0. The maximum absolute atomic E-state index is 5.62. The molecule has 0 spiro atoms. The summed E-state index contributed by atoms with van der Waals surface area (Å²) in [7, 11) is 0. The van der Waals surface area contributed by atoms with E-state index in [4.69, 9.17) is 11.6 Å². The van der Waals surface area contributed by atoms with Gasteiger partial charge in [-0.3, -0.25) is 0 Å². The molecule has 0 N–H and O–H groups in total. The summed E-state index contributed by atoms with van der Waals surface area (Å²) < 4.78 is 1.95. The fraction of sp³-hybridized carbons (Fsp3) is 0.778. The molecule has 0 amide bonds. The van der Waals surface area contributed by atoms with Gasteiger partial charge in [0, 0.05) is 18.5 Å². The molecule has 0 saturated heterocycles. The van der Waals surface area contributed by atoms with Crippen LogP contribution < -0.4 is 0 Å². The maximum atomic E-state index is 5.62. The number of aromatic nitrogens is 3. The minimum absolute atomic E-state index is 0.483. The first kappa shape index (κ1) is 10.5. The summed E-state index contributed by atoms with van der Waals surface area (Å²) in [6.07, 6.45) is 5.00. The zero-order valence-corrected chi connectivity index (χ0v) is 8.96. The first-order valence-electron chi connectivity index (χ1n) is 4.78. The lowest BCUT2D eigenvalue weighted by Crippen LogP contribution is -2.07. The molecule has 74 valence electrons. The second-order valence-corrected chi connectivity index (χ2v) is 3.48. The van der Waals surface area contributed by atoms with Crippen molar-refractivity contribution >= 4 is 11.6 Å². The van der Waals surface area contributed by atoms with E-state index in [1.807, 2.05) is 10.9 Å². The van der Waals surface area contributed by atoms with E-state index in [1.54, 1.807) is 0 Å². The average Bonchev–Trinajstić information content (AvgIpc) is 2.56. The SMILES string of the molecule is CCC(CC)n1cc(CCCl)nn1. The molecule has 0 aliphatic heterocycles. The Labute approximate surface area is 84.1 Å². The molecule has 1 rings (SSSR count). The number of alkyl halides is 1. The van der Waals surface area contributed by atoms with Crippen LogP contribution in [-0.2, 0) is 6.42 Å². The molecule has 0 atom stereocenters. The van der Waals surface area contributed by atoms with Gasteiger partial charge in [-0.05, 0) is 12.8 Å². The van der Waals surface area contributed by atoms with Crippen molar-refractivity contribution in [2.75, 3.05) is 5.88 Å². The Hall–Kier alpha value is -0.570. The van der Waals surface area contributed by atoms with Gasteiger partial charge in [0.1, 0.15) is 0 Å². The van der Waals surface area contributed by atoms with Crippen LogP contribution in [0.15, 0.2) is 6.20 Å². The second-order valence-electron chi connectivity index (χ2n) is 3.10. The van der Waals surface area contributed by atoms with Crippen molar-refractivity contribution in [2.24, 2.45) is 0 Å². The Morgan fingerprint density at radius 1 is 1.46 bits per heavy atom. The first-order chi connectivity index (χ1) is 6.31. The summed E-state index contributed by atoms with van der Waals surface area (Å²) in [5, 5.41) is 8.14. The Bertz CT molecular complexity index is 243. The van der Waals surface area contributed by atoms with Gasteiger partial charge in [-0.25, -0.2) is 4.68 Å². The summed E-state index contributed by atoms with van der Waals surface area (Å²) in [5.74, 6) is 0.613. The molecule has 0 aliphatic rings. The van der Waals surface area contributed by atoms with E-state index in [0.717, 1.165) is 25.0 Å². The van der Waals surface area contributed by atoms with Gasteiger partial charge in [-0.15, -0.1) is 16.7 Å². The van der Waals surface area contributed by atoms with Gasteiger partial charge >= 0.3 is 0 Å². The summed E-state index contributed by atoms with van der Waals surface area (Å²) in [6, 6.07) is 0.483. The summed E-state index contributed by atoms with van der Waals surface area (Å²) in [5.41, 5.74) is 0.988. The molecule has 0 fully saturated rings. The van der Waals surface area contributed by atoms with Crippen LogP contribution in [0.2, 0.25) is 0 Å². The molecule has 0 aromatic carbocycles. The van der Waals surface area contributed by atoms with Gasteiger partial charge in [-0.1, -0.05) is 19.1 Å². The van der Waals surface area contributed by atoms with Crippen LogP contribution in [0.25, 0.3) is 0 Å². The molecule has 0 aliphatic carbocycles. The van der Waals surface area contributed by atoms with Crippen LogP contribution in [0.1, 0.15) is 38.4 Å². The Balaban J connectivity index is 2.66. The third-order valence-electron chi connectivity index (χ3n) is 2.22. The molecule has 1 aromatic rings. The highest BCUT2D eigenvalue weighted by Gasteiger charge is 2.08. The smallest absolute Gasteiger partial charge is 0.0839 e. The normalized spacial score (nSPS) is 11.1. The van der Waals surface area contributed by atoms with Gasteiger partial charge in [-0.2, -0.15) is 0 Å². The van der Waals surface area contributed by atoms with Crippen molar-refractivity contribution in [3.8, 4) is 0 Å². The number of aryl methyl sites for hydroxylation is 1. The third kappa shape index (κ3) is 2.69. The van der Waals surface area contributed by atoms with Crippen LogP contribution >= 0.6 is 11.6 Å². The third-order valence-corrected chi connectivity index (χ3v) is 2.41. The van der Waals surface area contributed by atoms with E-state index >= 15 is 0 Å². The van der Waals surface area contributed by atoms with Crippen molar-refractivity contribution < 1.29 is 0 Å². The van der Waals surface area contributed by atoms with Crippen molar-refractivity contribution in [3.05, 3.63) is 11.9 Å². The Morgan fingerprint density at radius 2 is 2.15 bits per heavy atom. The first-order valence-corrected chi connectivity index (χ1v) is 5.31. The van der Waals surface area contributed by atoms with E-state index in [9.17, 15) is 0 Å². The standard InChI is InChI=1S/C9H16ClN3/c1-3-9(4-2)13-7-8(5-6-10)11-12-13/h7,9H,3-6H2,1-2H3. The minimum Gasteiger partial charge on any atom is -0.249 e. The fourth-order valence-corrected chi connectivity index (χ4v) is 1.56. The summed E-state index contributed by atoms with van der Waals surface area (Å²) in [4.78, 5) is 0. The van der Waals surface area contributed by atoms with Crippen LogP contribution in [0.3, 0.4) is 0 Å². The highest BCUT2D eigenvalue weighted by atomic mass is 35.5. The molecule has 1 heterocycles. The summed E-state index contributed by atoms with van der Waals surface area (Å²) in [6.45, 7) is 4.33. The molecule has 3 nitrogen and oxygen atoms in total. The highest BCUT2D eigenvalue weighted by molar-refractivity contribution is 6.17.